The van der Waals surface area contributed by atoms with Crippen LogP contribution in [0, 0.1) is 11.3 Å². The van der Waals surface area contributed by atoms with Crippen molar-refractivity contribution in [1.82, 2.24) is 9.97 Å². The molecule has 0 spiro atoms. The minimum absolute atomic E-state index is 0.0775. The van der Waals surface area contributed by atoms with Gasteiger partial charge in [-0.15, -0.1) is 0 Å². The highest BCUT2D eigenvalue weighted by molar-refractivity contribution is 5.90. The van der Waals surface area contributed by atoms with Gasteiger partial charge in [0, 0.05) is 12.5 Å². The number of ether oxygens (including phenoxy) is 2. The average molecular weight is 685 g/mol. The number of imidazole rings is 1. The number of nitrogens with one attached hydrogen (secondary N) is 1. The fourth-order valence-electron chi connectivity index (χ4n) is 9.42. The second-order valence-electron chi connectivity index (χ2n) is 15.6. The standard InChI is InChI=1S/C45H52N2O4/c1-6-50-39-27-33(51-25-10-14-41(48)49)17-18-35(39)43-46-38-21-19-34(30-12-8-7-9-13-30)36(42(38)47-43)28-44(4)23-11-24-45(5)37-20-15-31(29(2)3)26-32(37)16-22-40(44)45/h7-9,12-13,15,17-21,26-27,29,40H,6,10-11,14,16,22-25,28H2,1-5H3,(H,46,47)(H,48,49)/t40-,44+,45+/m0/s1. The molecular formula is C45H52N2O4. The first-order valence-corrected chi connectivity index (χ1v) is 18.9. The van der Waals surface area contributed by atoms with Gasteiger partial charge in [0.15, 0.2) is 0 Å². The summed E-state index contributed by atoms with van der Waals surface area (Å²) in [5.41, 5.74) is 11.6. The van der Waals surface area contributed by atoms with Gasteiger partial charge in [0.05, 0.1) is 29.8 Å². The SMILES string of the molecule is CCOc1cc(OCCCC(=O)O)ccc1-c1nc2c(C[C@@]3(C)CCC[C@]4(C)c5ccc(C(C)C)cc5CC[C@@H]34)c(-c3ccccc3)ccc2[nH]1. The third kappa shape index (κ3) is 6.78. The largest absolute Gasteiger partial charge is 0.493 e. The molecule has 0 aliphatic heterocycles. The van der Waals surface area contributed by atoms with Crippen molar-refractivity contribution < 1.29 is 19.4 Å². The number of aromatic nitrogens is 2. The number of fused-ring (bicyclic) bond motifs is 4. The molecule has 4 aromatic carbocycles. The zero-order chi connectivity index (χ0) is 35.8. The van der Waals surface area contributed by atoms with E-state index in [1.807, 2.05) is 25.1 Å². The Morgan fingerprint density at radius 3 is 2.55 bits per heavy atom. The van der Waals surface area contributed by atoms with Gasteiger partial charge in [0.2, 0.25) is 0 Å². The van der Waals surface area contributed by atoms with Crippen LogP contribution in [0.25, 0.3) is 33.5 Å². The smallest absolute Gasteiger partial charge is 0.303 e. The molecule has 2 aliphatic rings. The summed E-state index contributed by atoms with van der Waals surface area (Å²) >= 11 is 0. The van der Waals surface area contributed by atoms with Crippen LogP contribution >= 0.6 is 0 Å². The van der Waals surface area contributed by atoms with Crippen LogP contribution in [0.5, 0.6) is 11.5 Å². The van der Waals surface area contributed by atoms with Gasteiger partial charge in [-0.05, 0) is 120 Å². The number of carboxylic acid groups (broad SMARTS) is 1. The lowest BCUT2D eigenvalue weighted by atomic mass is 9.48. The van der Waals surface area contributed by atoms with E-state index < -0.39 is 5.97 Å². The molecule has 5 aromatic rings. The van der Waals surface area contributed by atoms with Crippen molar-refractivity contribution in [2.75, 3.05) is 13.2 Å². The number of aromatic amines is 1. The summed E-state index contributed by atoms with van der Waals surface area (Å²) in [4.78, 5) is 20.0. The van der Waals surface area contributed by atoms with Crippen LogP contribution in [0.15, 0.2) is 78.9 Å². The molecule has 6 heteroatoms. The molecule has 2 aliphatic carbocycles. The number of benzene rings is 4. The number of carboxylic acids is 1. The molecule has 7 rings (SSSR count). The first-order valence-electron chi connectivity index (χ1n) is 18.9. The lowest BCUT2D eigenvalue weighted by molar-refractivity contribution is -0.137. The Morgan fingerprint density at radius 2 is 1.78 bits per heavy atom. The zero-order valence-electron chi connectivity index (χ0n) is 30.9. The van der Waals surface area contributed by atoms with Crippen LogP contribution in [0.2, 0.25) is 0 Å². The highest BCUT2D eigenvalue weighted by Crippen LogP contribution is 2.59. The molecular weight excluding hydrogens is 633 g/mol. The maximum atomic E-state index is 10.9. The minimum atomic E-state index is -0.820. The highest BCUT2D eigenvalue weighted by atomic mass is 16.5. The van der Waals surface area contributed by atoms with Gasteiger partial charge in [-0.2, -0.15) is 0 Å². The molecule has 51 heavy (non-hydrogen) atoms. The molecule has 0 amide bonds. The van der Waals surface area contributed by atoms with E-state index in [0.717, 1.165) is 35.3 Å². The van der Waals surface area contributed by atoms with E-state index in [1.165, 1.54) is 47.9 Å². The number of carbonyl (C=O) groups is 1. The summed E-state index contributed by atoms with van der Waals surface area (Å²) < 4.78 is 12.0. The third-order valence-electron chi connectivity index (χ3n) is 11.9. The van der Waals surface area contributed by atoms with Gasteiger partial charge >= 0.3 is 5.97 Å². The second kappa shape index (κ2) is 14.2. The van der Waals surface area contributed by atoms with E-state index in [1.54, 1.807) is 11.1 Å². The van der Waals surface area contributed by atoms with Crippen molar-refractivity contribution in [2.45, 2.75) is 97.3 Å². The van der Waals surface area contributed by atoms with Gasteiger partial charge in [-0.3, -0.25) is 4.79 Å². The summed E-state index contributed by atoms with van der Waals surface area (Å²) in [7, 11) is 0. The van der Waals surface area contributed by atoms with Crippen LogP contribution in [0.3, 0.4) is 0 Å². The normalized spacial score (nSPS) is 21.3. The second-order valence-corrected chi connectivity index (χ2v) is 15.6. The number of H-pyrrole nitrogens is 1. The topological polar surface area (TPSA) is 84.4 Å². The number of hydrogen-bond donors (Lipinski definition) is 2. The molecule has 1 heterocycles. The Labute approximate surface area is 302 Å². The third-order valence-corrected chi connectivity index (χ3v) is 11.9. The molecule has 0 unspecified atom stereocenters. The van der Waals surface area contributed by atoms with Crippen molar-refractivity contribution in [2.24, 2.45) is 11.3 Å². The Morgan fingerprint density at radius 1 is 0.980 bits per heavy atom. The molecule has 266 valence electrons. The van der Waals surface area contributed by atoms with Gasteiger partial charge in [-0.1, -0.05) is 88.7 Å². The lowest BCUT2D eigenvalue weighted by Gasteiger charge is -2.56. The van der Waals surface area contributed by atoms with E-state index in [0.29, 0.717) is 43.0 Å². The lowest BCUT2D eigenvalue weighted by Crippen LogP contribution is -2.50. The molecule has 1 aromatic heterocycles. The van der Waals surface area contributed by atoms with Crippen LogP contribution < -0.4 is 9.47 Å². The molecule has 0 saturated heterocycles. The predicted octanol–water partition coefficient (Wildman–Crippen LogP) is 10.9. The van der Waals surface area contributed by atoms with Gasteiger partial charge in [0.25, 0.3) is 0 Å². The van der Waals surface area contributed by atoms with Gasteiger partial charge in [0.1, 0.15) is 17.3 Å². The molecule has 6 nitrogen and oxygen atoms in total. The number of hydrogen-bond acceptors (Lipinski definition) is 4. The van der Waals surface area contributed by atoms with Gasteiger partial charge < -0.3 is 19.6 Å². The first-order chi connectivity index (χ1) is 24.6. The Bertz CT molecular complexity index is 2030. The Hall–Kier alpha value is -4.58. The van der Waals surface area contributed by atoms with Crippen LogP contribution in [-0.2, 0) is 23.1 Å². The maximum absolute atomic E-state index is 10.9. The Kier molecular flexibility index (Phi) is 9.71. The summed E-state index contributed by atoms with van der Waals surface area (Å²) in [6, 6.07) is 28.4. The number of aliphatic carboxylic acids is 1. The van der Waals surface area contributed by atoms with Crippen molar-refractivity contribution in [1.29, 1.82) is 0 Å². The molecule has 0 radical (unpaired) electrons. The number of nitrogens with zero attached hydrogens (tertiary/aromatic N) is 1. The molecule has 0 bridgehead atoms. The van der Waals surface area contributed by atoms with E-state index in [4.69, 9.17) is 19.6 Å². The van der Waals surface area contributed by atoms with Crippen LogP contribution in [-0.4, -0.2) is 34.3 Å². The highest BCUT2D eigenvalue weighted by Gasteiger charge is 2.52. The average Bonchev–Trinajstić information content (AvgIpc) is 3.55. The number of aryl methyl sites for hydroxylation is 1. The Balaban J connectivity index is 1.28. The summed E-state index contributed by atoms with van der Waals surface area (Å²) in [6.45, 7) is 12.5. The monoisotopic (exact) mass is 684 g/mol. The van der Waals surface area contributed by atoms with Gasteiger partial charge in [-0.25, -0.2) is 4.98 Å². The predicted molar refractivity (Wildman–Crippen MR) is 206 cm³/mol. The fraction of sp³-hybridized carbons (Fsp3) is 0.422. The molecule has 1 fully saturated rings. The fourth-order valence-corrected chi connectivity index (χ4v) is 9.42. The van der Waals surface area contributed by atoms with Crippen molar-refractivity contribution in [3.63, 3.8) is 0 Å². The minimum Gasteiger partial charge on any atom is -0.493 e. The maximum Gasteiger partial charge on any atom is 0.303 e. The number of rotatable bonds is 12. The molecule has 3 atom stereocenters. The summed E-state index contributed by atoms with van der Waals surface area (Å²) in [5, 5.41) is 8.99. The first kappa shape index (κ1) is 34.9. The van der Waals surface area contributed by atoms with Crippen molar-refractivity contribution in [3.05, 3.63) is 101 Å². The summed E-state index contributed by atoms with van der Waals surface area (Å²) in [6.07, 6.45) is 7.51. The van der Waals surface area contributed by atoms with Crippen LogP contribution in [0.4, 0.5) is 0 Å². The van der Waals surface area contributed by atoms with E-state index in [9.17, 15) is 4.79 Å². The van der Waals surface area contributed by atoms with E-state index in [-0.39, 0.29) is 17.3 Å². The molecule has 2 N–H and O–H groups in total. The van der Waals surface area contributed by atoms with Crippen molar-refractivity contribution in [3.8, 4) is 34.0 Å². The van der Waals surface area contributed by atoms with Crippen LogP contribution in [0.1, 0.15) is 101 Å². The molecule has 1 saturated carbocycles. The quantitative estimate of drug-likeness (QED) is 0.128. The zero-order valence-corrected chi connectivity index (χ0v) is 30.9. The van der Waals surface area contributed by atoms with E-state index >= 15 is 0 Å². The van der Waals surface area contributed by atoms with Crippen molar-refractivity contribution >= 4 is 17.0 Å². The summed E-state index contributed by atoms with van der Waals surface area (Å²) in [5.74, 6) is 2.40. The van der Waals surface area contributed by atoms with E-state index in [2.05, 4.69) is 93.3 Å².